The van der Waals surface area contributed by atoms with Crippen LogP contribution in [0.25, 0.3) is 0 Å². The van der Waals surface area contributed by atoms with Crippen LogP contribution < -0.4 is 15.4 Å². The number of amides is 2. The van der Waals surface area contributed by atoms with E-state index in [9.17, 15) is 9.59 Å². The van der Waals surface area contributed by atoms with E-state index in [0.29, 0.717) is 16.7 Å². The summed E-state index contributed by atoms with van der Waals surface area (Å²) in [5, 5.41) is 14.6. The van der Waals surface area contributed by atoms with Gasteiger partial charge in [-0.15, -0.1) is 10.2 Å². The number of benzene rings is 2. The lowest BCUT2D eigenvalue weighted by atomic mass is 10.2. The number of hydrogen-bond donors (Lipinski definition) is 2. The number of carbonyl (C=O) groups excluding carboxylic acids is 2. The zero-order valence-corrected chi connectivity index (χ0v) is 22.6. The SMILES string of the molecule is CCc1ccc(O[C@H](C)C(=O)NCc2nnc(SCC(=O)Nc3ccc(I)cc3C)n2C)cc1. The Morgan fingerprint density at radius 1 is 1.18 bits per heavy atom. The molecule has 0 saturated heterocycles. The lowest BCUT2D eigenvalue weighted by Gasteiger charge is -2.15. The third-order valence-corrected chi connectivity index (χ3v) is 6.85. The summed E-state index contributed by atoms with van der Waals surface area (Å²) in [6.45, 7) is 5.96. The molecule has 2 N–H and O–H groups in total. The van der Waals surface area contributed by atoms with E-state index < -0.39 is 6.10 Å². The van der Waals surface area contributed by atoms with Crippen LogP contribution in [0.5, 0.6) is 5.75 Å². The highest BCUT2D eigenvalue weighted by atomic mass is 127. The highest BCUT2D eigenvalue weighted by Gasteiger charge is 2.17. The number of aromatic nitrogens is 3. The zero-order chi connectivity index (χ0) is 24.7. The van der Waals surface area contributed by atoms with Crippen molar-refractivity contribution in [3.8, 4) is 5.75 Å². The minimum absolute atomic E-state index is 0.120. The molecule has 0 radical (unpaired) electrons. The van der Waals surface area contributed by atoms with Gasteiger partial charge in [-0.2, -0.15) is 0 Å². The molecule has 10 heteroatoms. The third kappa shape index (κ3) is 7.20. The van der Waals surface area contributed by atoms with Crippen LogP contribution in [0.3, 0.4) is 0 Å². The molecule has 180 valence electrons. The Kier molecular flexibility index (Phi) is 9.34. The predicted molar refractivity (Wildman–Crippen MR) is 142 cm³/mol. The summed E-state index contributed by atoms with van der Waals surface area (Å²) in [5.74, 6) is 1.07. The Labute approximate surface area is 217 Å². The Balaban J connectivity index is 1.47. The van der Waals surface area contributed by atoms with Crippen LogP contribution in [0.4, 0.5) is 5.69 Å². The van der Waals surface area contributed by atoms with Crippen LogP contribution >= 0.6 is 34.4 Å². The van der Waals surface area contributed by atoms with Gasteiger partial charge >= 0.3 is 0 Å². The van der Waals surface area contributed by atoms with Gasteiger partial charge in [-0.3, -0.25) is 9.59 Å². The van der Waals surface area contributed by atoms with Crippen molar-refractivity contribution in [3.05, 3.63) is 63.0 Å². The average molecular weight is 593 g/mol. The summed E-state index contributed by atoms with van der Waals surface area (Å²) >= 11 is 3.53. The van der Waals surface area contributed by atoms with E-state index in [-0.39, 0.29) is 24.1 Å². The molecule has 0 aliphatic rings. The van der Waals surface area contributed by atoms with Crippen molar-refractivity contribution in [2.45, 2.75) is 45.0 Å². The smallest absolute Gasteiger partial charge is 0.261 e. The number of nitrogens with zero attached hydrogens (tertiary/aromatic N) is 3. The molecule has 1 heterocycles. The molecule has 0 aliphatic carbocycles. The number of thioether (sulfide) groups is 1. The number of carbonyl (C=O) groups is 2. The standard InChI is InChI=1S/C24H28IN5O3S/c1-5-17-6-9-19(10-7-17)33-16(3)23(32)26-13-21-28-29-24(30(21)4)34-14-22(31)27-20-11-8-18(25)12-15(20)2/h6-12,16H,5,13-14H2,1-4H3,(H,26,32)(H,27,31)/t16-/m1/s1. The van der Waals surface area contributed by atoms with Gasteiger partial charge in [0.05, 0.1) is 12.3 Å². The van der Waals surface area contributed by atoms with Crippen molar-refractivity contribution in [2.24, 2.45) is 7.05 Å². The normalized spacial score (nSPS) is 11.7. The summed E-state index contributed by atoms with van der Waals surface area (Å²) in [6.07, 6.45) is 0.300. The monoisotopic (exact) mass is 593 g/mol. The zero-order valence-electron chi connectivity index (χ0n) is 19.6. The van der Waals surface area contributed by atoms with Crippen LogP contribution in [-0.2, 0) is 29.6 Å². The molecule has 34 heavy (non-hydrogen) atoms. The largest absolute Gasteiger partial charge is 0.481 e. The summed E-state index contributed by atoms with van der Waals surface area (Å²) in [6, 6.07) is 13.6. The summed E-state index contributed by atoms with van der Waals surface area (Å²) < 4.78 is 8.61. The van der Waals surface area contributed by atoms with Gasteiger partial charge in [0, 0.05) is 16.3 Å². The molecule has 0 saturated carbocycles. The highest BCUT2D eigenvalue weighted by molar-refractivity contribution is 14.1. The van der Waals surface area contributed by atoms with Crippen molar-refractivity contribution in [2.75, 3.05) is 11.1 Å². The second-order valence-corrected chi connectivity index (χ2v) is 9.92. The second kappa shape index (κ2) is 12.2. The molecule has 2 aromatic carbocycles. The molecule has 0 bridgehead atoms. The number of aryl methyl sites for hydroxylation is 2. The first kappa shape index (κ1) is 26.0. The Bertz CT molecular complexity index is 1150. The number of anilines is 1. The van der Waals surface area contributed by atoms with Crippen molar-refractivity contribution >= 4 is 51.9 Å². The van der Waals surface area contributed by atoms with E-state index in [1.54, 1.807) is 18.5 Å². The van der Waals surface area contributed by atoms with E-state index in [1.165, 1.54) is 17.3 Å². The quantitative estimate of drug-likeness (QED) is 0.272. The fourth-order valence-corrected chi connectivity index (χ4v) is 4.46. The van der Waals surface area contributed by atoms with Crippen molar-refractivity contribution in [1.82, 2.24) is 20.1 Å². The van der Waals surface area contributed by atoms with Gasteiger partial charge in [-0.25, -0.2) is 0 Å². The van der Waals surface area contributed by atoms with Gasteiger partial charge in [0.15, 0.2) is 17.1 Å². The van der Waals surface area contributed by atoms with Gasteiger partial charge < -0.3 is 19.9 Å². The molecular weight excluding hydrogens is 565 g/mol. The molecule has 0 unspecified atom stereocenters. The van der Waals surface area contributed by atoms with Crippen LogP contribution in [-0.4, -0.2) is 38.4 Å². The molecule has 0 spiro atoms. The van der Waals surface area contributed by atoms with Crippen molar-refractivity contribution in [3.63, 3.8) is 0 Å². The van der Waals surface area contributed by atoms with Gasteiger partial charge in [-0.1, -0.05) is 30.8 Å². The molecule has 2 amide bonds. The summed E-state index contributed by atoms with van der Waals surface area (Å²) in [4.78, 5) is 24.8. The lowest BCUT2D eigenvalue weighted by Crippen LogP contribution is -2.36. The molecular formula is C24H28IN5O3S. The van der Waals surface area contributed by atoms with Crippen LogP contribution in [0.1, 0.15) is 30.8 Å². The van der Waals surface area contributed by atoms with E-state index in [1.807, 2.05) is 49.4 Å². The third-order valence-electron chi connectivity index (χ3n) is 5.15. The first-order chi connectivity index (χ1) is 16.3. The maximum Gasteiger partial charge on any atom is 0.261 e. The van der Waals surface area contributed by atoms with E-state index in [2.05, 4.69) is 50.3 Å². The van der Waals surface area contributed by atoms with E-state index in [0.717, 1.165) is 21.2 Å². The fraction of sp³-hybridized carbons (Fsp3) is 0.333. The first-order valence-electron chi connectivity index (χ1n) is 10.9. The topological polar surface area (TPSA) is 98.1 Å². The Morgan fingerprint density at radius 2 is 1.91 bits per heavy atom. The maximum absolute atomic E-state index is 12.4. The number of halogens is 1. The fourth-order valence-electron chi connectivity index (χ4n) is 3.08. The second-order valence-electron chi connectivity index (χ2n) is 7.73. The van der Waals surface area contributed by atoms with Crippen LogP contribution in [0, 0.1) is 10.5 Å². The number of rotatable bonds is 10. The summed E-state index contributed by atoms with van der Waals surface area (Å²) in [7, 11) is 1.81. The molecule has 3 aromatic rings. The van der Waals surface area contributed by atoms with E-state index >= 15 is 0 Å². The van der Waals surface area contributed by atoms with E-state index in [4.69, 9.17) is 4.74 Å². The van der Waals surface area contributed by atoms with Crippen LogP contribution in [0.2, 0.25) is 0 Å². The first-order valence-corrected chi connectivity index (χ1v) is 12.9. The van der Waals surface area contributed by atoms with Gasteiger partial charge in [0.1, 0.15) is 5.75 Å². The maximum atomic E-state index is 12.4. The summed E-state index contributed by atoms with van der Waals surface area (Å²) in [5.41, 5.74) is 3.02. The average Bonchev–Trinajstić information content (AvgIpc) is 3.17. The lowest BCUT2D eigenvalue weighted by molar-refractivity contribution is -0.127. The molecule has 8 nitrogen and oxygen atoms in total. The molecule has 3 rings (SSSR count). The number of ether oxygens (including phenoxy) is 1. The van der Waals surface area contributed by atoms with Gasteiger partial charge in [0.25, 0.3) is 5.91 Å². The minimum atomic E-state index is -0.650. The van der Waals surface area contributed by atoms with Crippen LogP contribution in [0.15, 0.2) is 47.6 Å². The van der Waals surface area contributed by atoms with Crippen molar-refractivity contribution in [1.29, 1.82) is 0 Å². The Morgan fingerprint density at radius 3 is 2.59 bits per heavy atom. The Hall–Kier alpha value is -2.60. The molecule has 0 fully saturated rings. The molecule has 0 aliphatic heterocycles. The van der Waals surface area contributed by atoms with Crippen molar-refractivity contribution < 1.29 is 14.3 Å². The number of hydrogen-bond acceptors (Lipinski definition) is 6. The molecule has 1 aromatic heterocycles. The highest BCUT2D eigenvalue weighted by Crippen LogP contribution is 2.20. The minimum Gasteiger partial charge on any atom is -0.481 e. The molecule has 1 atom stereocenters. The van der Waals surface area contributed by atoms with Gasteiger partial charge in [0.2, 0.25) is 5.91 Å². The number of nitrogens with one attached hydrogen (secondary N) is 2. The predicted octanol–water partition coefficient (Wildman–Crippen LogP) is 4.11. The van der Waals surface area contributed by atoms with Gasteiger partial charge in [-0.05, 0) is 84.3 Å².